The molecule has 6 heteroatoms. The Hall–Kier alpha value is -1.50. The normalized spacial score (nSPS) is 22.8. The molecule has 4 rings (SSSR count). The molecule has 0 radical (unpaired) electrons. The van der Waals surface area contributed by atoms with Crippen LogP contribution in [0.15, 0.2) is 35.4 Å². The van der Waals surface area contributed by atoms with Crippen molar-refractivity contribution in [3.05, 3.63) is 36.0 Å². The SMILES string of the molecule is Cc1cnc2c(S(=O)(=O)NCC3CCOC4(CCC4)C3)cccc2c1. The highest BCUT2D eigenvalue weighted by molar-refractivity contribution is 7.89. The van der Waals surface area contributed by atoms with Crippen LogP contribution in [0.5, 0.6) is 0 Å². The van der Waals surface area contributed by atoms with Crippen molar-refractivity contribution in [2.75, 3.05) is 13.2 Å². The van der Waals surface area contributed by atoms with E-state index in [2.05, 4.69) is 9.71 Å². The van der Waals surface area contributed by atoms with Gasteiger partial charge in [0.1, 0.15) is 4.90 Å². The van der Waals surface area contributed by atoms with Gasteiger partial charge in [0.2, 0.25) is 10.0 Å². The van der Waals surface area contributed by atoms with Crippen molar-refractivity contribution >= 4 is 20.9 Å². The van der Waals surface area contributed by atoms with Crippen LogP contribution in [-0.4, -0.2) is 32.2 Å². The predicted octanol–water partition coefficient (Wildman–Crippen LogP) is 3.17. The Balaban J connectivity index is 1.52. The fourth-order valence-corrected chi connectivity index (χ4v) is 5.28. The van der Waals surface area contributed by atoms with Crippen LogP contribution in [0.1, 0.15) is 37.7 Å². The minimum atomic E-state index is -3.58. The maximum atomic E-state index is 12.8. The monoisotopic (exact) mass is 360 g/mol. The third kappa shape index (κ3) is 3.30. The number of nitrogens with one attached hydrogen (secondary N) is 1. The molecule has 1 unspecified atom stereocenters. The van der Waals surface area contributed by atoms with Crippen molar-refractivity contribution in [2.24, 2.45) is 5.92 Å². The smallest absolute Gasteiger partial charge is 0.242 e. The first kappa shape index (κ1) is 16.9. The fraction of sp³-hybridized carbons (Fsp3) is 0.526. The van der Waals surface area contributed by atoms with Gasteiger partial charge in [-0.2, -0.15) is 0 Å². The van der Waals surface area contributed by atoms with Crippen LogP contribution in [0, 0.1) is 12.8 Å². The molecule has 1 saturated heterocycles. The van der Waals surface area contributed by atoms with Crippen molar-refractivity contribution in [2.45, 2.75) is 49.5 Å². The highest BCUT2D eigenvalue weighted by Gasteiger charge is 2.42. The number of nitrogens with zero attached hydrogens (tertiary/aromatic N) is 1. The summed E-state index contributed by atoms with van der Waals surface area (Å²) in [6.07, 6.45) is 7.03. The van der Waals surface area contributed by atoms with Gasteiger partial charge in [-0.25, -0.2) is 13.1 Å². The van der Waals surface area contributed by atoms with Gasteiger partial charge in [-0.15, -0.1) is 0 Å². The van der Waals surface area contributed by atoms with Crippen molar-refractivity contribution in [1.29, 1.82) is 0 Å². The zero-order chi connectivity index (χ0) is 17.5. The average molecular weight is 360 g/mol. The largest absolute Gasteiger partial charge is 0.375 e. The van der Waals surface area contributed by atoms with E-state index < -0.39 is 10.0 Å². The van der Waals surface area contributed by atoms with E-state index in [1.165, 1.54) is 6.42 Å². The van der Waals surface area contributed by atoms with Crippen molar-refractivity contribution in [3.63, 3.8) is 0 Å². The number of aryl methyl sites for hydroxylation is 1. The highest BCUT2D eigenvalue weighted by Crippen LogP contribution is 2.44. The molecule has 2 fully saturated rings. The van der Waals surface area contributed by atoms with Crippen LogP contribution in [0.3, 0.4) is 0 Å². The number of ether oxygens (including phenoxy) is 1. The fourth-order valence-electron chi connectivity index (χ4n) is 3.99. The van der Waals surface area contributed by atoms with Crippen LogP contribution < -0.4 is 4.72 Å². The summed E-state index contributed by atoms with van der Waals surface area (Å²) in [5.74, 6) is 0.342. The minimum Gasteiger partial charge on any atom is -0.375 e. The summed E-state index contributed by atoms with van der Waals surface area (Å²) in [6.45, 7) is 3.16. The number of benzene rings is 1. The van der Waals surface area contributed by atoms with Gasteiger partial charge in [0.25, 0.3) is 0 Å². The summed E-state index contributed by atoms with van der Waals surface area (Å²) in [6, 6.07) is 7.26. The van der Waals surface area contributed by atoms with Crippen LogP contribution in [0.4, 0.5) is 0 Å². The summed E-state index contributed by atoms with van der Waals surface area (Å²) < 4.78 is 34.4. The Morgan fingerprint density at radius 2 is 2.20 bits per heavy atom. The summed E-state index contributed by atoms with van der Waals surface area (Å²) in [7, 11) is -3.58. The van der Waals surface area contributed by atoms with E-state index in [-0.39, 0.29) is 10.5 Å². The Labute approximate surface area is 148 Å². The zero-order valence-electron chi connectivity index (χ0n) is 14.5. The van der Waals surface area contributed by atoms with E-state index in [1.54, 1.807) is 18.3 Å². The molecule has 25 heavy (non-hydrogen) atoms. The average Bonchev–Trinajstić information content (AvgIpc) is 2.58. The quantitative estimate of drug-likeness (QED) is 0.909. The molecule has 2 heterocycles. The molecule has 2 aromatic rings. The number of para-hydroxylation sites is 1. The molecule has 134 valence electrons. The number of hydrogen-bond donors (Lipinski definition) is 1. The van der Waals surface area contributed by atoms with Crippen LogP contribution >= 0.6 is 0 Å². The third-order valence-electron chi connectivity index (χ3n) is 5.52. The maximum Gasteiger partial charge on any atom is 0.242 e. The van der Waals surface area contributed by atoms with E-state index in [9.17, 15) is 8.42 Å². The second-order valence-electron chi connectivity index (χ2n) is 7.44. The number of aromatic nitrogens is 1. The zero-order valence-corrected chi connectivity index (χ0v) is 15.3. The van der Waals surface area contributed by atoms with E-state index >= 15 is 0 Å². The first-order valence-corrected chi connectivity index (χ1v) is 10.4. The van der Waals surface area contributed by atoms with Gasteiger partial charge in [0.15, 0.2) is 0 Å². The Morgan fingerprint density at radius 1 is 1.36 bits per heavy atom. The molecule has 2 aliphatic rings. The molecule has 0 amide bonds. The van der Waals surface area contributed by atoms with Crippen LogP contribution in [0.25, 0.3) is 10.9 Å². The topological polar surface area (TPSA) is 68.3 Å². The molecule has 5 nitrogen and oxygen atoms in total. The van der Waals surface area contributed by atoms with Gasteiger partial charge in [0.05, 0.1) is 11.1 Å². The Morgan fingerprint density at radius 3 is 2.96 bits per heavy atom. The summed E-state index contributed by atoms with van der Waals surface area (Å²) in [4.78, 5) is 4.61. The van der Waals surface area contributed by atoms with Gasteiger partial charge in [0, 0.05) is 24.7 Å². The molecule has 1 aromatic heterocycles. The lowest BCUT2D eigenvalue weighted by Gasteiger charge is -2.47. The van der Waals surface area contributed by atoms with E-state index in [4.69, 9.17) is 4.74 Å². The highest BCUT2D eigenvalue weighted by atomic mass is 32.2. The van der Waals surface area contributed by atoms with Crippen LogP contribution in [-0.2, 0) is 14.8 Å². The van der Waals surface area contributed by atoms with Gasteiger partial charge < -0.3 is 4.74 Å². The Kier molecular flexibility index (Phi) is 4.30. The van der Waals surface area contributed by atoms with Crippen LogP contribution in [0.2, 0.25) is 0 Å². The minimum absolute atomic E-state index is 0.0346. The number of sulfonamides is 1. The predicted molar refractivity (Wildman–Crippen MR) is 96.9 cm³/mol. The van der Waals surface area contributed by atoms with Crippen molar-refractivity contribution in [3.8, 4) is 0 Å². The summed E-state index contributed by atoms with van der Waals surface area (Å²) >= 11 is 0. The molecular formula is C19H24N2O3S. The lowest BCUT2D eigenvalue weighted by molar-refractivity contribution is -0.142. The molecule has 1 aliphatic carbocycles. The standard InChI is InChI=1S/C19H24N2O3S/c1-14-10-16-4-2-5-17(18(16)20-12-14)25(22,23)21-13-15-6-9-24-19(11-15)7-3-8-19/h2,4-5,10,12,15,21H,3,6-9,11,13H2,1H3. The number of rotatable bonds is 4. The number of pyridine rings is 1. The third-order valence-corrected chi connectivity index (χ3v) is 6.98. The Bertz CT molecular complexity index is 891. The molecular weight excluding hydrogens is 336 g/mol. The molecule has 1 spiro atoms. The first-order valence-electron chi connectivity index (χ1n) is 8.97. The van der Waals surface area contributed by atoms with Gasteiger partial charge in [-0.1, -0.05) is 12.1 Å². The van der Waals surface area contributed by atoms with Gasteiger partial charge in [-0.3, -0.25) is 4.98 Å². The number of fused-ring (bicyclic) bond motifs is 1. The van der Waals surface area contributed by atoms with E-state index in [0.717, 1.165) is 43.2 Å². The molecule has 1 saturated carbocycles. The van der Waals surface area contributed by atoms with Gasteiger partial charge in [-0.05, 0) is 62.6 Å². The lowest BCUT2D eigenvalue weighted by Crippen LogP contribution is -2.47. The second-order valence-corrected chi connectivity index (χ2v) is 9.17. The lowest BCUT2D eigenvalue weighted by atomic mass is 9.72. The van der Waals surface area contributed by atoms with Crippen molar-refractivity contribution < 1.29 is 13.2 Å². The summed E-state index contributed by atoms with van der Waals surface area (Å²) in [5.41, 5.74) is 1.58. The first-order chi connectivity index (χ1) is 12.0. The molecule has 1 aromatic carbocycles. The molecule has 1 aliphatic heterocycles. The van der Waals surface area contributed by atoms with E-state index in [0.29, 0.717) is 18.0 Å². The van der Waals surface area contributed by atoms with Gasteiger partial charge >= 0.3 is 0 Å². The second kappa shape index (κ2) is 6.34. The maximum absolute atomic E-state index is 12.8. The van der Waals surface area contributed by atoms with Crippen molar-refractivity contribution in [1.82, 2.24) is 9.71 Å². The van der Waals surface area contributed by atoms with E-state index in [1.807, 2.05) is 19.1 Å². The molecule has 1 atom stereocenters. The number of hydrogen-bond acceptors (Lipinski definition) is 4. The molecule has 1 N–H and O–H groups in total. The summed E-state index contributed by atoms with van der Waals surface area (Å²) in [5, 5.41) is 0.849. The molecule has 0 bridgehead atoms.